The number of guanidine groups is 1. The summed E-state index contributed by atoms with van der Waals surface area (Å²) in [6.07, 6.45) is 2.56. The van der Waals surface area contributed by atoms with Crippen LogP contribution in [0.1, 0.15) is 19.7 Å². The summed E-state index contributed by atoms with van der Waals surface area (Å²) in [4.78, 5) is 4.22. The van der Waals surface area contributed by atoms with Crippen LogP contribution >= 0.6 is 11.6 Å². The molecule has 0 fully saturated rings. The molecule has 2 N–H and O–H groups in total. The van der Waals surface area contributed by atoms with Gasteiger partial charge in [0.25, 0.3) is 0 Å². The Balaban J connectivity index is 1.73. The summed E-state index contributed by atoms with van der Waals surface area (Å²) >= 11 is 6.11. The minimum Gasteiger partial charge on any atom is -0.487 e. The second-order valence-corrected chi connectivity index (χ2v) is 5.94. The van der Waals surface area contributed by atoms with Crippen LogP contribution in [0.25, 0.3) is 0 Å². The minimum absolute atomic E-state index is 0.0528. The molecule has 0 saturated carbocycles. The quantitative estimate of drug-likeness (QED) is 0.554. The van der Waals surface area contributed by atoms with E-state index in [0.29, 0.717) is 17.3 Å². The number of hydrogen-bond acceptors (Lipinski definition) is 4. The highest BCUT2D eigenvalue weighted by atomic mass is 35.5. The normalized spacial score (nSPS) is 12.7. The van der Waals surface area contributed by atoms with Gasteiger partial charge in [0.05, 0.1) is 11.6 Å². The summed E-state index contributed by atoms with van der Waals surface area (Å²) in [6, 6.07) is 7.45. The van der Waals surface area contributed by atoms with E-state index < -0.39 is 0 Å². The van der Waals surface area contributed by atoms with E-state index >= 15 is 0 Å². The van der Waals surface area contributed by atoms with E-state index in [-0.39, 0.29) is 6.10 Å². The summed E-state index contributed by atoms with van der Waals surface area (Å²) in [5.74, 6) is 2.38. The van der Waals surface area contributed by atoms with Crippen LogP contribution in [0, 0.1) is 0 Å². The lowest BCUT2D eigenvalue weighted by atomic mass is 10.3. The maximum Gasteiger partial charge on any atom is 0.191 e. The van der Waals surface area contributed by atoms with E-state index in [1.807, 2.05) is 35.8 Å². The van der Waals surface area contributed by atoms with Gasteiger partial charge in [-0.3, -0.25) is 4.99 Å². The largest absolute Gasteiger partial charge is 0.487 e. The fourth-order valence-electron chi connectivity index (χ4n) is 2.29. The number of aliphatic imine (C=N–C) groups is 1. The minimum atomic E-state index is -0.0528. The van der Waals surface area contributed by atoms with Crippen molar-refractivity contribution in [1.29, 1.82) is 0 Å². The highest BCUT2D eigenvalue weighted by Gasteiger charge is 2.08. The number of aryl methyl sites for hydroxylation is 1. The van der Waals surface area contributed by atoms with E-state index in [1.54, 1.807) is 13.4 Å². The fourth-order valence-corrected chi connectivity index (χ4v) is 2.47. The number of benzene rings is 1. The Morgan fingerprint density at radius 3 is 2.88 bits per heavy atom. The molecule has 2 aromatic rings. The Morgan fingerprint density at radius 1 is 1.36 bits per heavy atom. The molecule has 0 spiro atoms. The Kier molecular flexibility index (Phi) is 7.53. The van der Waals surface area contributed by atoms with Crippen molar-refractivity contribution in [3.8, 4) is 5.75 Å². The van der Waals surface area contributed by atoms with Crippen LogP contribution in [0.15, 0.2) is 35.6 Å². The van der Waals surface area contributed by atoms with Crippen LogP contribution in [0.5, 0.6) is 5.75 Å². The zero-order chi connectivity index (χ0) is 18.1. The smallest absolute Gasteiger partial charge is 0.191 e. The molecule has 0 aliphatic heterocycles. The van der Waals surface area contributed by atoms with Gasteiger partial charge in [0.2, 0.25) is 0 Å². The molecule has 2 rings (SSSR count). The lowest BCUT2D eigenvalue weighted by Gasteiger charge is -2.18. The lowest BCUT2D eigenvalue weighted by molar-refractivity contribution is 0.224. The maximum absolute atomic E-state index is 6.11. The van der Waals surface area contributed by atoms with Crippen molar-refractivity contribution < 1.29 is 4.74 Å². The van der Waals surface area contributed by atoms with E-state index in [9.17, 15) is 0 Å². The van der Waals surface area contributed by atoms with Crippen LogP contribution in [0.2, 0.25) is 5.02 Å². The molecule has 0 aliphatic rings. The topological polar surface area (TPSA) is 76.4 Å². The third-order valence-electron chi connectivity index (χ3n) is 3.60. The first-order valence-corrected chi connectivity index (χ1v) is 8.74. The van der Waals surface area contributed by atoms with Gasteiger partial charge in [-0.1, -0.05) is 30.7 Å². The maximum atomic E-state index is 6.11. The van der Waals surface area contributed by atoms with Gasteiger partial charge in [-0.05, 0) is 19.1 Å². The van der Waals surface area contributed by atoms with Crippen LogP contribution in [-0.2, 0) is 13.0 Å². The molecule has 0 aliphatic carbocycles. The first kappa shape index (κ1) is 19.1. The Hall–Kier alpha value is -2.28. The van der Waals surface area contributed by atoms with Gasteiger partial charge in [-0.2, -0.15) is 0 Å². The molecule has 1 heterocycles. The van der Waals surface area contributed by atoms with Crippen molar-refractivity contribution in [2.45, 2.75) is 32.9 Å². The second-order valence-electron chi connectivity index (χ2n) is 5.53. The highest BCUT2D eigenvalue weighted by molar-refractivity contribution is 6.32. The molecular formula is C17H25ClN6O. The number of halogens is 1. The van der Waals surface area contributed by atoms with Gasteiger partial charge in [0.15, 0.2) is 5.96 Å². The number of nitrogens with zero attached hydrogens (tertiary/aromatic N) is 4. The predicted molar refractivity (Wildman–Crippen MR) is 100 cm³/mol. The SMILES string of the molecule is CCc1nncn1CCNC(=NC)NCC(C)Oc1ccccc1Cl. The van der Waals surface area contributed by atoms with Gasteiger partial charge in [-0.25, -0.2) is 0 Å². The zero-order valence-electron chi connectivity index (χ0n) is 14.9. The summed E-state index contributed by atoms with van der Waals surface area (Å²) in [5, 5.41) is 15.1. The first-order valence-electron chi connectivity index (χ1n) is 8.36. The Bertz CT molecular complexity index is 687. The van der Waals surface area contributed by atoms with E-state index in [2.05, 4.69) is 32.7 Å². The average Bonchev–Trinajstić information content (AvgIpc) is 3.07. The van der Waals surface area contributed by atoms with Crippen LogP contribution in [0.4, 0.5) is 0 Å². The summed E-state index contributed by atoms with van der Waals surface area (Å²) in [6.45, 7) is 6.16. The van der Waals surface area contributed by atoms with Crippen molar-refractivity contribution in [3.05, 3.63) is 41.4 Å². The standard InChI is InChI=1S/C17H25ClN6O/c1-4-16-23-22-12-24(16)10-9-20-17(19-3)21-11-13(2)25-15-8-6-5-7-14(15)18/h5-8,12-13H,4,9-11H2,1-3H3,(H2,19,20,21). The molecule has 25 heavy (non-hydrogen) atoms. The number of rotatable bonds is 8. The third kappa shape index (κ3) is 5.94. The molecule has 8 heteroatoms. The van der Waals surface area contributed by atoms with Crippen molar-refractivity contribution in [3.63, 3.8) is 0 Å². The zero-order valence-corrected chi connectivity index (χ0v) is 15.6. The number of ether oxygens (including phenoxy) is 1. The monoisotopic (exact) mass is 364 g/mol. The summed E-state index contributed by atoms with van der Waals surface area (Å²) in [5.41, 5.74) is 0. The molecule has 1 aromatic heterocycles. The molecule has 0 saturated heterocycles. The molecule has 1 unspecified atom stereocenters. The number of aromatic nitrogens is 3. The molecule has 1 aromatic carbocycles. The predicted octanol–water partition coefficient (Wildman–Crippen LogP) is 2.13. The van der Waals surface area contributed by atoms with Crippen LogP contribution < -0.4 is 15.4 Å². The Morgan fingerprint density at radius 2 is 2.16 bits per heavy atom. The second kappa shape index (κ2) is 9.88. The fraction of sp³-hybridized carbons (Fsp3) is 0.471. The molecule has 0 radical (unpaired) electrons. The third-order valence-corrected chi connectivity index (χ3v) is 3.91. The van der Waals surface area contributed by atoms with Crippen LogP contribution in [0.3, 0.4) is 0 Å². The molecule has 0 amide bonds. The van der Waals surface area contributed by atoms with E-state index in [4.69, 9.17) is 16.3 Å². The van der Waals surface area contributed by atoms with Gasteiger partial charge < -0.3 is 19.9 Å². The van der Waals surface area contributed by atoms with E-state index in [1.165, 1.54) is 0 Å². The average molecular weight is 365 g/mol. The van der Waals surface area contributed by atoms with Crippen molar-refractivity contribution in [2.24, 2.45) is 4.99 Å². The molecule has 1 atom stereocenters. The summed E-state index contributed by atoms with van der Waals surface area (Å²) < 4.78 is 7.87. The first-order chi connectivity index (χ1) is 12.1. The van der Waals surface area contributed by atoms with Gasteiger partial charge in [-0.15, -0.1) is 10.2 Å². The highest BCUT2D eigenvalue weighted by Crippen LogP contribution is 2.23. The van der Waals surface area contributed by atoms with Crippen molar-refractivity contribution in [2.75, 3.05) is 20.1 Å². The molecule has 7 nitrogen and oxygen atoms in total. The van der Waals surface area contributed by atoms with Gasteiger partial charge >= 0.3 is 0 Å². The molecule has 0 bridgehead atoms. The number of nitrogens with one attached hydrogen (secondary N) is 2. The van der Waals surface area contributed by atoms with E-state index in [0.717, 1.165) is 31.3 Å². The van der Waals surface area contributed by atoms with Crippen molar-refractivity contribution >= 4 is 17.6 Å². The van der Waals surface area contributed by atoms with Crippen LogP contribution in [-0.4, -0.2) is 47.0 Å². The Labute approximate surface area is 153 Å². The molecule has 136 valence electrons. The van der Waals surface area contributed by atoms with Gasteiger partial charge in [0, 0.05) is 26.6 Å². The lowest BCUT2D eigenvalue weighted by Crippen LogP contribution is -2.42. The molecular weight excluding hydrogens is 340 g/mol. The summed E-state index contributed by atoms with van der Waals surface area (Å²) in [7, 11) is 1.74. The van der Waals surface area contributed by atoms with Gasteiger partial charge in [0.1, 0.15) is 24.0 Å². The number of para-hydroxylation sites is 1. The number of hydrogen-bond donors (Lipinski definition) is 2. The van der Waals surface area contributed by atoms with Crippen molar-refractivity contribution in [1.82, 2.24) is 25.4 Å².